The number of hydrogen-bond acceptors (Lipinski definition) is 7. The fourth-order valence-electron chi connectivity index (χ4n) is 4.47. The van der Waals surface area contributed by atoms with Gasteiger partial charge in [-0.3, -0.25) is 9.69 Å². The van der Waals surface area contributed by atoms with Crippen LogP contribution in [0.2, 0.25) is 0 Å². The number of rotatable bonds is 5. The lowest BCUT2D eigenvalue weighted by molar-refractivity contribution is -0.134. The molecule has 2 aromatic carbocycles. The summed E-state index contributed by atoms with van der Waals surface area (Å²) in [5.41, 5.74) is 1.27. The van der Waals surface area contributed by atoms with Gasteiger partial charge in [-0.25, -0.2) is 19.0 Å². The molecular weight excluding hydrogens is 505 g/mol. The van der Waals surface area contributed by atoms with Crippen molar-refractivity contribution in [3.8, 4) is 16.9 Å². The molecule has 202 valence electrons. The summed E-state index contributed by atoms with van der Waals surface area (Å²) < 4.78 is 25.8. The van der Waals surface area contributed by atoms with E-state index in [1.807, 2.05) is 24.3 Å². The van der Waals surface area contributed by atoms with Crippen molar-refractivity contribution in [1.82, 2.24) is 14.8 Å². The Kier molecular flexibility index (Phi) is 7.31. The molecule has 0 radical (unpaired) electrons. The molecule has 3 amide bonds. The maximum absolute atomic E-state index is 15.1. The number of ether oxygens (including phenoxy) is 2. The van der Waals surface area contributed by atoms with Gasteiger partial charge in [0, 0.05) is 57.5 Å². The summed E-state index contributed by atoms with van der Waals surface area (Å²) in [5, 5.41) is 0. The molecule has 0 bridgehead atoms. The van der Waals surface area contributed by atoms with Gasteiger partial charge in [0.25, 0.3) is 0 Å². The van der Waals surface area contributed by atoms with Gasteiger partial charge in [0.05, 0.1) is 12.2 Å². The minimum Gasteiger partial charge on any atom is -0.423 e. The van der Waals surface area contributed by atoms with E-state index in [9.17, 15) is 14.4 Å². The fraction of sp³-hybridized carbons (Fsp3) is 0.286. The van der Waals surface area contributed by atoms with Crippen LogP contribution in [0.4, 0.5) is 25.5 Å². The highest BCUT2D eigenvalue weighted by Crippen LogP contribution is 2.30. The average molecular weight is 534 g/mol. The van der Waals surface area contributed by atoms with Crippen molar-refractivity contribution >= 4 is 29.6 Å². The smallest absolute Gasteiger partial charge is 0.416 e. The Morgan fingerprint density at radius 3 is 2.44 bits per heavy atom. The van der Waals surface area contributed by atoms with Crippen LogP contribution in [0.15, 0.2) is 66.9 Å². The van der Waals surface area contributed by atoms with Gasteiger partial charge in [-0.05, 0) is 42.5 Å². The van der Waals surface area contributed by atoms with E-state index < -0.39 is 18.1 Å². The summed E-state index contributed by atoms with van der Waals surface area (Å²) in [4.78, 5) is 47.2. The Morgan fingerprint density at radius 2 is 1.79 bits per heavy atom. The second kappa shape index (κ2) is 11.0. The molecule has 0 spiro atoms. The normalized spacial score (nSPS) is 17.2. The highest BCUT2D eigenvalue weighted by Gasteiger charge is 2.36. The van der Waals surface area contributed by atoms with Crippen molar-refractivity contribution in [3.63, 3.8) is 0 Å². The number of benzene rings is 2. The third-order valence-corrected chi connectivity index (χ3v) is 6.86. The number of piperazine rings is 1. The number of anilines is 2. The Balaban J connectivity index is 1.20. The Labute approximate surface area is 225 Å². The molecule has 0 unspecified atom stereocenters. The van der Waals surface area contributed by atoms with Crippen molar-refractivity contribution in [2.45, 2.75) is 13.2 Å². The molecule has 2 aliphatic heterocycles. The number of para-hydroxylation sites is 1. The molecule has 2 saturated heterocycles. The fourth-order valence-corrected chi connectivity index (χ4v) is 4.47. The zero-order chi connectivity index (χ0) is 27.5. The lowest BCUT2D eigenvalue weighted by Gasteiger charge is -2.34. The quantitative estimate of drug-likeness (QED) is 0.490. The maximum atomic E-state index is 15.1. The molecule has 2 aliphatic rings. The van der Waals surface area contributed by atoms with Crippen molar-refractivity contribution in [2.24, 2.45) is 0 Å². The lowest BCUT2D eigenvalue weighted by Crippen LogP contribution is -2.49. The Morgan fingerprint density at radius 1 is 1.05 bits per heavy atom. The van der Waals surface area contributed by atoms with Gasteiger partial charge in [0.2, 0.25) is 5.91 Å². The minimum atomic E-state index is -0.731. The van der Waals surface area contributed by atoms with Gasteiger partial charge in [-0.1, -0.05) is 18.2 Å². The van der Waals surface area contributed by atoms with Crippen LogP contribution in [0.3, 0.4) is 0 Å². The van der Waals surface area contributed by atoms with Gasteiger partial charge in [-0.15, -0.1) is 0 Å². The van der Waals surface area contributed by atoms with Crippen LogP contribution in [0.25, 0.3) is 11.1 Å². The molecule has 1 atom stereocenters. The first kappa shape index (κ1) is 26.0. The van der Waals surface area contributed by atoms with Gasteiger partial charge in [0.15, 0.2) is 6.23 Å². The number of carbonyl (C=O) groups excluding carboxylic acids is 3. The second-order valence-corrected chi connectivity index (χ2v) is 9.30. The summed E-state index contributed by atoms with van der Waals surface area (Å²) in [7, 11) is 1.55. The Bertz CT molecular complexity index is 1360. The molecule has 3 heterocycles. The van der Waals surface area contributed by atoms with Crippen LogP contribution in [-0.4, -0.2) is 78.9 Å². The monoisotopic (exact) mass is 533 g/mol. The van der Waals surface area contributed by atoms with Gasteiger partial charge >= 0.3 is 12.2 Å². The van der Waals surface area contributed by atoms with Crippen molar-refractivity contribution in [3.05, 3.63) is 72.7 Å². The van der Waals surface area contributed by atoms with E-state index in [1.165, 1.54) is 22.8 Å². The maximum Gasteiger partial charge on any atom is 0.416 e. The third kappa shape index (κ3) is 5.62. The predicted octanol–water partition coefficient (Wildman–Crippen LogP) is 3.97. The molecular formula is C28H28FN5O5. The Hall–Kier alpha value is -4.67. The van der Waals surface area contributed by atoms with Crippen LogP contribution in [0.1, 0.15) is 6.92 Å². The zero-order valence-corrected chi connectivity index (χ0v) is 21.6. The second-order valence-electron chi connectivity index (χ2n) is 9.30. The number of cyclic esters (lactones) is 1. The number of pyridine rings is 1. The highest BCUT2D eigenvalue weighted by atomic mass is 19.1. The average Bonchev–Trinajstić information content (AvgIpc) is 3.34. The van der Waals surface area contributed by atoms with Crippen LogP contribution in [0, 0.1) is 5.82 Å². The number of nitrogens with zero attached hydrogens (tertiary/aromatic N) is 5. The number of halogens is 1. The molecule has 39 heavy (non-hydrogen) atoms. The van der Waals surface area contributed by atoms with Crippen LogP contribution in [0.5, 0.6) is 5.75 Å². The van der Waals surface area contributed by atoms with Gasteiger partial charge in [0.1, 0.15) is 17.4 Å². The molecule has 0 aliphatic carbocycles. The van der Waals surface area contributed by atoms with E-state index in [1.54, 1.807) is 48.5 Å². The number of amides is 3. The topological polar surface area (TPSA) is 95.5 Å². The SMILES string of the molecule is CC(=O)N(C)[C@@H]1CN(c2ccc(-c3ccc(N4CCN(C(=O)Oc5ccccc5)CC4)nc3)c(F)c2)C(=O)O1. The molecule has 11 heteroatoms. The van der Waals surface area contributed by atoms with Gasteiger partial charge < -0.3 is 24.2 Å². The zero-order valence-electron chi connectivity index (χ0n) is 21.6. The molecule has 5 rings (SSSR count). The molecule has 0 saturated carbocycles. The van der Waals surface area contributed by atoms with E-state index >= 15 is 4.39 Å². The van der Waals surface area contributed by atoms with E-state index in [0.717, 1.165) is 5.82 Å². The van der Waals surface area contributed by atoms with Crippen LogP contribution in [-0.2, 0) is 9.53 Å². The van der Waals surface area contributed by atoms with Crippen molar-refractivity contribution < 1.29 is 28.2 Å². The number of hydrogen-bond donors (Lipinski definition) is 0. The van der Waals surface area contributed by atoms with E-state index in [-0.39, 0.29) is 18.5 Å². The standard InChI is InChI=1S/C28H28FN5O5/c1-19(35)31(2)26-18-34(28(37)39-26)21-9-10-23(24(29)16-21)20-8-11-25(30-17-20)32-12-14-33(15-13-32)27(36)38-22-6-4-3-5-7-22/h3-11,16-17,26H,12-15,18H2,1-2H3/t26-/m0/s1. The first-order chi connectivity index (χ1) is 18.8. The molecule has 0 N–H and O–H groups in total. The predicted molar refractivity (Wildman–Crippen MR) is 142 cm³/mol. The summed E-state index contributed by atoms with van der Waals surface area (Å²) >= 11 is 0. The molecule has 3 aromatic rings. The summed E-state index contributed by atoms with van der Waals surface area (Å²) in [5.74, 6) is 0.489. The molecule has 10 nitrogen and oxygen atoms in total. The van der Waals surface area contributed by atoms with Crippen molar-refractivity contribution in [2.75, 3.05) is 49.6 Å². The molecule has 2 fully saturated rings. The highest BCUT2D eigenvalue weighted by molar-refractivity contribution is 5.90. The number of likely N-dealkylation sites (N-methyl/N-ethyl adjacent to an activating group) is 1. The lowest BCUT2D eigenvalue weighted by atomic mass is 10.1. The van der Waals surface area contributed by atoms with E-state index in [2.05, 4.69) is 9.88 Å². The van der Waals surface area contributed by atoms with Crippen molar-refractivity contribution in [1.29, 1.82) is 0 Å². The van der Waals surface area contributed by atoms with Crippen LogP contribution >= 0.6 is 0 Å². The number of carbonyl (C=O) groups is 3. The van der Waals surface area contributed by atoms with Gasteiger partial charge in [-0.2, -0.15) is 0 Å². The largest absolute Gasteiger partial charge is 0.423 e. The van der Waals surface area contributed by atoms with Crippen LogP contribution < -0.4 is 14.5 Å². The first-order valence-corrected chi connectivity index (χ1v) is 12.5. The minimum absolute atomic E-state index is 0.112. The summed E-state index contributed by atoms with van der Waals surface area (Å²) in [6.45, 7) is 3.66. The molecule has 1 aromatic heterocycles. The third-order valence-electron chi connectivity index (χ3n) is 6.86. The summed E-state index contributed by atoms with van der Waals surface area (Å²) in [6.07, 6.45) is -0.150. The number of aromatic nitrogens is 1. The summed E-state index contributed by atoms with van der Waals surface area (Å²) in [6, 6.07) is 17.1. The van der Waals surface area contributed by atoms with E-state index in [0.29, 0.717) is 48.7 Å². The van der Waals surface area contributed by atoms with E-state index in [4.69, 9.17) is 9.47 Å². The first-order valence-electron chi connectivity index (χ1n) is 12.5.